The van der Waals surface area contributed by atoms with Crippen LogP contribution in [0.1, 0.15) is 62.3 Å². The van der Waals surface area contributed by atoms with Gasteiger partial charge >= 0.3 is 0 Å². The number of aryl methyl sites for hydroxylation is 1. The van der Waals surface area contributed by atoms with E-state index in [1.54, 1.807) is 16.7 Å². The molecule has 2 aromatic heterocycles. The highest BCUT2D eigenvalue weighted by Crippen LogP contribution is 2.42. The molecule has 1 amide bonds. The third-order valence-corrected chi connectivity index (χ3v) is 7.34. The van der Waals surface area contributed by atoms with Gasteiger partial charge in [0, 0.05) is 31.5 Å². The Kier molecular flexibility index (Phi) is 6.67. The van der Waals surface area contributed by atoms with Gasteiger partial charge in [-0.25, -0.2) is 4.98 Å². The van der Waals surface area contributed by atoms with Gasteiger partial charge in [-0.3, -0.25) is 9.20 Å². The first kappa shape index (κ1) is 24.2. The molecular formula is C26H32ClN5O2. The fourth-order valence-corrected chi connectivity index (χ4v) is 4.92. The van der Waals surface area contributed by atoms with E-state index in [9.17, 15) is 9.70 Å². The van der Waals surface area contributed by atoms with Crippen molar-refractivity contribution < 1.29 is 4.79 Å². The van der Waals surface area contributed by atoms with E-state index in [0.717, 1.165) is 42.9 Å². The third-order valence-electron chi connectivity index (χ3n) is 7.12. The van der Waals surface area contributed by atoms with Crippen molar-refractivity contribution in [2.45, 2.75) is 59.0 Å². The zero-order valence-electron chi connectivity index (χ0n) is 20.3. The molecule has 0 bridgehead atoms. The van der Waals surface area contributed by atoms with Gasteiger partial charge in [-0.15, -0.1) is 0 Å². The number of imidazole rings is 1. The van der Waals surface area contributed by atoms with Crippen LogP contribution in [0.15, 0.2) is 47.8 Å². The molecule has 0 atom stereocenters. The molecule has 3 aromatic rings. The lowest BCUT2D eigenvalue weighted by Crippen LogP contribution is -2.50. The predicted molar refractivity (Wildman–Crippen MR) is 137 cm³/mol. The van der Waals surface area contributed by atoms with Crippen LogP contribution in [0.3, 0.4) is 0 Å². The fourth-order valence-electron chi connectivity index (χ4n) is 4.76. The van der Waals surface area contributed by atoms with Crippen molar-refractivity contribution in [1.82, 2.24) is 14.7 Å². The second kappa shape index (κ2) is 9.37. The average molecular weight is 482 g/mol. The maximum absolute atomic E-state index is 13.0. The zero-order chi connectivity index (χ0) is 24.5. The lowest BCUT2D eigenvalue weighted by molar-refractivity contribution is 0.0944. The Morgan fingerprint density at radius 2 is 1.82 bits per heavy atom. The van der Waals surface area contributed by atoms with Crippen molar-refractivity contribution in [2.75, 3.05) is 18.0 Å². The minimum Gasteiger partial charge on any atom is -0.371 e. The Bertz CT molecular complexity index is 1190. The molecule has 1 saturated heterocycles. The molecule has 34 heavy (non-hydrogen) atoms. The summed E-state index contributed by atoms with van der Waals surface area (Å²) in [7, 11) is 0. The summed E-state index contributed by atoms with van der Waals surface area (Å²) >= 11 is 6.14. The molecule has 1 aliphatic heterocycles. The van der Waals surface area contributed by atoms with Crippen LogP contribution in [0, 0.1) is 10.3 Å². The van der Waals surface area contributed by atoms with Crippen LogP contribution in [0.2, 0.25) is 5.02 Å². The molecule has 0 radical (unpaired) electrons. The first-order chi connectivity index (χ1) is 16.2. The molecule has 180 valence electrons. The van der Waals surface area contributed by atoms with Gasteiger partial charge in [-0.2, -0.15) is 4.91 Å². The van der Waals surface area contributed by atoms with Crippen LogP contribution in [-0.2, 0) is 13.0 Å². The number of anilines is 1. The minimum atomic E-state index is -0.507. The Labute approximate surface area is 205 Å². The van der Waals surface area contributed by atoms with E-state index in [1.165, 1.54) is 0 Å². The molecular weight excluding hydrogens is 450 g/mol. The molecule has 4 rings (SSSR count). The predicted octanol–water partition coefficient (Wildman–Crippen LogP) is 5.63. The number of fused-ring (bicyclic) bond motifs is 1. The van der Waals surface area contributed by atoms with Gasteiger partial charge in [0.2, 0.25) is 0 Å². The summed E-state index contributed by atoms with van der Waals surface area (Å²) in [5.41, 5.74) is 3.45. The summed E-state index contributed by atoms with van der Waals surface area (Å²) in [5, 5.41) is 7.13. The quantitative estimate of drug-likeness (QED) is 0.462. The zero-order valence-corrected chi connectivity index (χ0v) is 21.0. The summed E-state index contributed by atoms with van der Waals surface area (Å²) in [4.78, 5) is 31.5. The number of carbonyl (C=O) groups is 1. The minimum absolute atomic E-state index is 0.146. The summed E-state index contributed by atoms with van der Waals surface area (Å²) in [6.45, 7) is 10.3. The molecule has 1 aliphatic rings. The monoisotopic (exact) mass is 481 g/mol. The maximum Gasteiger partial charge on any atom is 0.270 e. The number of benzene rings is 1. The highest BCUT2D eigenvalue weighted by atomic mass is 35.5. The number of amides is 1. The van der Waals surface area contributed by atoms with Gasteiger partial charge in [0.15, 0.2) is 0 Å². The molecule has 1 fully saturated rings. The summed E-state index contributed by atoms with van der Waals surface area (Å²) in [6.07, 6.45) is 3.88. The molecule has 0 spiro atoms. The van der Waals surface area contributed by atoms with Crippen LogP contribution in [0.25, 0.3) is 5.65 Å². The Morgan fingerprint density at radius 1 is 1.15 bits per heavy atom. The fraction of sp³-hybridized carbons (Fsp3) is 0.462. The lowest BCUT2D eigenvalue weighted by atomic mass is 9.68. The van der Waals surface area contributed by atoms with Crippen LogP contribution in [0.4, 0.5) is 5.69 Å². The van der Waals surface area contributed by atoms with E-state index in [2.05, 4.69) is 53.3 Å². The number of nitrogens with one attached hydrogen (secondary N) is 1. The highest BCUT2D eigenvalue weighted by molar-refractivity contribution is 6.30. The molecule has 3 heterocycles. The molecule has 0 unspecified atom stereocenters. The van der Waals surface area contributed by atoms with E-state index in [0.29, 0.717) is 29.3 Å². The smallest absolute Gasteiger partial charge is 0.270 e. The van der Waals surface area contributed by atoms with Crippen molar-refractivity contribution in [3.05, 3.63) is 69.5 Å². The number of nitroso groups, excluding NO2 is 1. The number of hydrogen-bond acceptors (Lipinski definition) is 5. The van der Waals surface area contributed by atoms with E-state index in [4.69, 9.17) is 11.6 Å². The third kappa shape index (κ3) is 4.53. The van der Waals surface area contributed by atoms with Crippen LogP contribution in [0.5, 0.6) is 0 Å². The van der Waals surface area contributed by atoms with Gasteiger partial charge in [0.25, 0.3) is 5.91 Å². The number of aromatic nitrogens is 2. The molecule has 0 aliphatic carbocycles. The standard InChI is InChI=1S/C26H32ClN5O2/c1-5-21-23(32-17-19(27)8-11-22(32)29-21)24(33)28-16-18-6-9-20(10-7-18)31-14-12-26(30-34,13-15-31)25(2,3)4/h6-11,17H,5,12-16H2,1-4H3,(H,28,33). The van der Waals surface area contributed by atoms with Crippen molar-refractivity contribution in [2.24, 2.45) is 10.6 Å². The summed E-state index contributed by atoms with van der Waals surface area (Å²) in [5.74, 6) is -0.174. The van der Waals surface area contributed by atoms with Crippen molar-refractivity contribution in [3.63, 3.8) is 0 Å². The van der Waals surface area contributed by atoms with E-state index >= 15 is 0 Å². The van der Waals surface area contributed by atoms with E-state index in [-0.39, 0.29) is 11.3 Å². The Hall–Kier alpha value is -2.93. The topological polar surface area (TPSA) is 79.1 Å². The first-order valence-corrected chi connectivity index (χ1v) is 12.2. The van der Waals surface area contributed by atoms with Gasteiger partial charge in [-0.1, -0.05) is 56.6 Å². The van der Waals surface area contributed by atoms with E-state index in [1.807, 2.05) is 25.1 Å². The number of nitrogens with zero attached hydrogens (tertiary/aromatic N) is 4. The first-order valence-electron chi connectivity index (χ1n) is 11.8. The normalized spacial score (nSPS) is 16.0. The van der Waals surface area contributed by atoms with Crippen molar-refractivity contribution >= 4 is 28.8 Å². The van der Waals surface area contributed by atoms with E-state index < -0.39 is 5.54 Å². The SMILES string of the molecule is CCc1nc2ccc(Cl)cn2c1C(=O)NCc1ccc(N2CCC(N=O)(C(C)(C)C)CC2)cc1. The van der Waals surface area contributed by atoms with Crippen molar-refractivity contribution in [1.29, 1.82) is 0 Å². The number of piperidine rings is 1. The van der Waals surface area contributed by atoms with Gasteiger partial charge in [0.1, 0.15) is 16.9 Å². The highest BCUT2D eigenvalue weighted by Gasteiger charge is 2.45. The Balaban J connectivity index is 1.41. The number of carbonyl (C=O) groups excluding carboxylic acids is 1. The molecule has 1 aromatic carbocycles. The average Bonchev–Trinajstić information content (AvgIpc) is 3.20. The molecule has 8 heteroatoms. The number of pyridine rings is 1. The molecule has 7 nitrogen and oxygen atoms in total. The number of rotatable bonds is 6. The summed E-state index contributed by atoms with van der Waals surface area (Å²) in [6, 6.07) is 11.8. The second-order valence-corrected chi connectivity index (χ2v) is 10.5. The van der Waals surface area contributed by atoms with Crippen LogP contribution < -0.4 is 10.2 Å². The largest absolute Gasteiger partial charge is 0.371 e. The van der Waals surface area contributed by atoms with Gasteiger partial charge in [0.05, 0.1) is 10.7 Å². The van der Waals surface area contributed by atoms with Gasteiger partial charge < -0.3 is 10.2 Å². The summed E-state index contributed by atoms with van der Waals surface area (Å²) < 4.78 is 1.75. The maximum atomic E-state index is 13.0. The lowest BCUT2D eigenvalue weighted by Gasteiger charge is -2.45. The van der Waals surface area contributed by atoms with Crippen LogP contribution in [-0.4, -0.2) is 33.9 Å². The van der Waals surface area contributed by atoms with Crippen molar-refractivity contribution in [3.8, 4) is 0 Å². The number of halogens is 1. The second-order valence-electron chi connectivity index (χ2n) is 10.0. The molecule has 1 N–H and O–H groups in total. The van der Waals surface area contributed by atoms with Gasteiger partial charge in [-0.05, 0) is 54.5 Å². The molecule has 0 saturated carbocycles. The number of hydrogen-bond donors (Lipinski definition) is 1. The Morgan fingerprint density at radius 3 is 2.41 bits per heavy atom. The van der Waals surface area contributed by atoms with Crippen LogP contribution >= 0.6 is 11.6 Å².